The van der Waals surface area contributed by atoms with E-state index in [0.717, 1.165) is 33.8 Å². The Hall–Kier alpha value is -3.90. The molecule has 3 aromatic carbocycles. The number of nitrogens with zero attached hydrogens (tertiary/aromatic N) is 2. The molecule has 0 aliphatic rings. The fourth-order valence-corrected chi connectivity index (χ4v) is 3.05. The molecule has 3 nitrogen and oxygen atoms in total. The molecule has 27 heavy (non-hydrogen) atoms. The Morgan fingerprint density at radius 3 is 2.30 bits per heavy atom. The number of pyridine rings is 1. The molecule has 1 heterocycles. The van der Waals surface area contributed by atoms with Gasteiger partial charge in [-0.05, 0) is 47.5 Å². The van der Waals surface area contributed by atoms with Gasteiger partial charge in [0.15, 0.2) is 5.69 Å². The van der Waals surface area contributed by atoms with Crippen molar-refractivity contribution >= 4 is 17.1 Å². The first kappa shape index (κ1) is 16.6. The van der Waals surface area contributed by atoms with Crippen LogP contribution in [0.2, 0.25) is 0 Å². The Labute approximate surface area is 158 Å². The number of hydrogen-bond acceptors (Lipinski definition) is 2. The molecule has 0 aliphatic heterocycles. The minimum atomic E-state index is 0.581. The number of benzene rings is 3. The summed E-state index contributed by atoms with van der Waals surface area (Å²) < 4.78 is 0. The summed E-state index contributed by atoms with van der Waals surface area (Å²) in [6, 6.07) is 30.0. The van der Waals surface area contributed by atoms with Crippen LogP contribution in [0.4, 0.5) is 17.1 Å². The van der Waals surface area contributed by atoms with Crippen molar-refractivity contribution in [3.8, 4) is 22.4 Å². The first-order valence-corrected chi connectivity index (χ1v) is 8.69. The van der Waals surface area contributed by atoms with Gasteiger partial charge in [0.05, 0.1) is 12.3 Å². The van der Waals surface area contributed by atoms with Gasteiger partial charge < -0.3 is 5.32 Å². The van der Waals surface area contributed by atoms with Crippen molar-refractivity contribution in [3.05, 3.63) is 109 Å². The highest BCUT2D eigenvalue weighted by Gasteiger charge is 2.08. The van der Waals surface area contributed by atoms with Gasteiger partial charge in [-0.25, -0.2) is 4.85 Å². The third-order valence-corrected chi connectivity index (χ3v) is 4.30. The van der Waals surface area contributed by atoms with Gasteiger partial charge in [0, 0.05) is 23.1 Å². The van der Waals surface area contributed by atoms with E-state index in [4.69, 9.17) is 6.57 Å². The first-order chi connectivity index (χ1) is 13.3. The van der Waals surface area contributed by atoms with E-state index in [1.165, 1.54) is 0 Å². The van der Waals surface area contributed by atoms with Crippen molar-refractivity contribution in [2.24, 2.45) is 0 Å². The van der Waals surface area contributed by atoms with Crippen molar-refractivity contribution < 1.29 is 0 Å². The first-order valence-electron chi connectivity index (χ1n) is 8.69. The van der Waals surface area contributed by atoms with E-state index in [-0.39, 0.29) is 0 Å². The van der Waals surface area contributed by atoms with E-state index in [2.05, 4.69) is 33.3 Å². The number of anilines is 2. The Morgan fingerprint density at radius 1 is 0.741 bits per heavy atom. The highest BCUT2D eigenvalue weighted by atomic mass is 14.9. The Morgan fingerprint density at radius 2 is 1.52 bits per heavy atom. The molecule has 0 saturated carbocycles. The third kappa shape index (κ3) is 3.70. The molecule has 0 atom stereocenters. The summed E-state index contributed by atoms with van der Waals surface area (Å²) in [7, 11) is 0. The maximum Gasteiger partial charge on any atom is 0.189 e. The zero-order chi connectivity index (χ0) is 18.5. The SMILES string of the molecule is [C-]#[N+]c1cc(Nc2ccccc2-c2ccccc2)cc(-c2ccccn2)c1. The third-order valence-electron chi connectivity index (χ3n) is 4.30. The fourth-order valence-electron chi connectivity index (χ4n) is 3.05. The van der Waals surface area contributed by atoms with E-state index in [0.29, 0.717) is 5.69 Å². The molecular formula is C24H17N3. The van der Waals surface area contributed by atoms with Gasteiger partial charge in [-0.3, -0.25) is 4.98 Å². The van der Waals surface area contributed by atoms with Crippen molar-refractivity contribution in [2.75, 3.05) is 5.32 Å². The van der Waals surface area contributed by atoms with Crippen LogP contribution < -0.4 is 5.32 Å². The Balaban J connectivity index is 1.75. The second kappa shape index (κ2) is 7.55. The molecular weight excluding hydrogens is 330 g/mol. The van der Waals surface area contributed by atoms with Crippen LogP contribution in [0, 0.1) is 6.57 Å². The lowest BCUT2D eigenvalue weighted by Crippen LogP contribution is -1.94. The molecule has 0 unspecified atom stereocenters. The van der Waals surface area contributed by atoms with Gasteiger partial charge in [0.2, 0.25) is 0 Å². The summed E-state index contributed by atoms with van der Waals surface area (Å²) in [5, 5.41) is 3.48. The predicted molar refractivity (Wildman–Crippen MR) is 111 cm³/mol. The van der Waals surface area contributed by atoms with Crippen LogP contribution in [0.25, 0.3) is 27.2 Å². The van der Waals surface area contributed by atoms with E-state index < -0.39 is 0 Å². The largest absolute Gasteiger partial charge is 0.356 e. The normalized spacial score (nSPS) is 10.2. The van der Waals surface area contributed by atoms with Crippen LogP contribution in [0.5, 0.6) is 0 Å². The molecule has 0 fully saturated rings. The summed E-state index contributed by atoms with van der Waals surface area (Å²) in [5.41, 5.74) is 6.48. The van der Waals surface area contributed by atoms with E-state index in [9.17, 15) is 0 Å². The van der Waals surface area contributed by atoms with Crippen LogP contribution >= 0.6 is 0 Å². The highest BCUT2D eigenvalue weighted by molar-refractivity contribution is 5.83. The van der Waals surface area contributed by atoms with Crippen molar-refractivity contribution in [3.63, 3.8) is 0 Å². The zero-order valence-electron chi connectivity index (χ0n) is 14.6. The highest BCUT2D eigenvalue weighted by Crippen LogP contribution is 2.33. The number of nitrogens with one attached hydrogen (secondary N) is 1. The maximum absolute atomic E-state index is 7.43. The molecule has 128 valence electrons. The maximum atomic E-state index is 7.43. The summed E-state index contributed by atoms with van der Waals surface area (Å²) in [4.78, 5) is 8.03. The average Bonchev–Trinajstić information content (AvgIpc) is 2.75. The van der Waals surface area contributed by atoms with E-state index in [1.54, 1.807) is 6.20 Å². The molecule has 0 saturated heterocycles. The molecule has 0 radical (unpaired) electrons. The van der Waals surface area contributed by atoms with Crippen molar-refractivity contribution in [1.82, 2.24) is 4.98 Å². The van der Waals surface area contributed by atoms with Gasteiger partial charge in [-0.15, -0.1) is 0 Å². The number of aromatic nitrogens is 1. The molecule has 4 aromatic rings. The Kier molecular flexibility index (Phi) is 4.63. The smallest absolute Gasteiger partial charge is 0.189 e. The lowest BCUT2D eigenvalue weighted by Gasteiger charge is -2.14. The van der Waals surface area contributed by atoms with Crippen LogP contribution in [-0.4, -0.2) is 4.98 Å². The van der Waals surface area contributed by atoms with Crippen molar-refractivity contribution in [1.29, 1.82) is 0 Å². The van der Waals surface area contributed by atoms with Crippen LogP contribution in [0.15, 0.2) is 97.2 Å². The lowest BCUT2D eigenvalue weighted by molar-refractivity contribution is 1.33. The molecule has 1 N–H and O–H groups in total. The molecule has 4 rings (SSSR count). The van der Waals surface area contributed by atoms with Crippen molar-refractivity contribution in [2.45, 2.75) is 0 Å². The summed E-state index contributed by atoms with van der Waals surface area (Å²) >= 11 is 0. The summed E-state index contributed by atoms with van der Waals surface area (Å²) in [5.74, 6) is 0. The van der Waals surface area contributed by atoms with Gasteiger partial charge >= 0.3 is 0 Å². The molecule has 0 amide bonds. The Bertz CT molecular complexity index is 1100. The van der Waals surface area contributed by atoms with Gasteiger partial charge in [-0.2, -0.15) is 0 Å². The minimum absolute atomic E-state index is 0.581. The summed E-state index contributed by atoms with van der Waals surface area (Å²) in [6.07, 6.45) is 1.76. The fraction of sp³-hybridized carbons (Fsp3) is 0. The minimum Gasteiger partial charge on any atom is -0.356 e. The molecule has 0 aliphatic carbocycles. The van der Waals surface area contributed by atoms with Crippen LogP contribution in [0.1, 0.15) is 0 Å². The second-order valence-corrected chi connectivity index (χ2v) is 6.13. The molecule has 1 aromatic heterocycles. The topological polar surface area (TPSA) is 29.3 Å². The number of hydrogen-bond donors (Lipinski definition) is 1. The predicted octanol–water partition coefficient (Wildman–Crippen LogP) is 6.71. The van der Waals surface area contributed by atoms with Gasteiger partial charge in [0.25, 0.3) is 0 Å². The second-order valence-electron chi connectivity index (χ2n) is 6.13. The van der Waals surface area contributed by atoms with E-state index >= 15 is 0 Å². The molecule has 0 bridgehead atoms. The van der Waals surface area contributed by atoms with Gasteiger partial charge in [0.1, 0.15) is 0 Å². The monoisotopic (exact) mass is 347 g/mol. The van der Waals surface area contributed by atoms with E-state index in [1.807, 2.05) is 72.8 Å². The molecule has 0 spiro atoms. The average molecular weight is 347 g/mol. The standard InChI is InChI=1S/C24H17N3/c1-25-20-15-19(23-12-7-8-14-26-23)16-21(17-20)27-24-13-6-5-11-22(24)18-9-3-2-4-10-18/h2-17,27H. The van der Waals surface area contributed by atoms with Gasteiger partial charge in [-0.1, -0.05) is 54.6 Å². The van der Waals surface area contributed by atoms with Crippen LogP contribution in [0.3, 0.4) is 0 Å². The number of rotatable bonds is 4. The van der Waals surface area contributed by atoms with Crippen LogP contribution in [-0.2, 0) is 0 Å². The summed E-state index contributed by atoms with van der Waals surface area (Å²) in [6.45, 7) is 7.43. The number of para-hydroxylation sites is 1. The quantitative estimate of drug-likeness (QED) is 0.416. The molecule has 3 heteroatoms. The lowest BCUT2D eigenvalue weighted by atomic mass is 10.0. The zero-order valence-corrected chi connectivity index (χ0v) is 14.6.